The molecule has 2 heterocycles. The molecule has 3 aromatic rings. The highest BCUT2D eigenvalue weighted by molar-refractivity contribution is 5.76. The van der Waals surface area contributed by atoms with Crippen LogP contribution in [0.25, 0.3) is 22.6 Å². The van der Waals surface area contributed by atoms with Gasteiger partial charge in [0.25, 0.3) is 0 Å². The first kappa shape index (κ1) is 9.71. The summed E-state index contributed by atoms with van der Waals surface area (Å²) in [5.74, 6) is 0.408. The van der Waals surface area contributed by atoms with Crippen LogP contribution in [0.15, 0.2) is 29.1 Å². The van der Waals surface area contributed by atoms with E-state index in [1.165, 1.54) is 0 Å². The van der Waals surface area contributed by atoms with Crippen molar-refractivity contribution in [3.63, 3.8) is 0 Å². The van der Waals surface area contributed by atoms with Gasteiger partial charge < -0.3 is 0 Å². The van der Waals surface area contributed by atoms with Crippen molar-refractivity contribution in [3.8, 4) is 11.5 Å². The summed E-state index contributed by atoms with van der Waals surface area (Å²) < 4.78 is 0. The lowest BCUT2D eigenvalue weighted by Crippen LogP contribution is -2.01. The number of aryl methyl sites for hydroxylation is 1. The molecule has 2 aromatic heterocycles. The third-order valence-corrected chi connectivity index (χ3v) is 2.47. The highest BCUT2D eigenvalue weighted by atomic mass is 16.1. The Balaban J connectivity index is 2.29. The Bertz CT molecular complexity index is 743. The van der Waals surface area contributed by atoms with Gasteiger partial charge in [0, 0.05) is 0 Å². The summed E-state index contributed by atoms with van der Waals surface area (Å²) in [7, 11) is 0. The van der Waals surface area contributed by atoms with E-state index in [4.69, 9.17) is 0 Å². The van der Waals surface area contributed by atoms with Crippen molar-refractivity contribution in [1.82, 2.24) is 25.1 Å². The van der Waals surface area contributed by atoms with E-state index in [0.717, 1.165) is 16.7 Å². The van der Waals surface area contributed by atoms with Crippen molar-refractivity contribution in [2.75, 3.05) is 0 Å². The van der Waals surface area contributed by atoms with Crippen LogP contribution in [0.5, 0.6) is 0 Å². The summed E-state index contributed by atoms with van der Waals surface area (Å²) in [5.41, 5.74) is 2.56. The Morgan fingerprint density at radius 1 is 1.12 bits per heavy atom. The molecule has 17 heavy (non-hydrogen) atoms. The van der Waals surface area contributed by atoms with Crippen molar-refractivity contribution in [1.29, 1.82) is 0 Å². The van der Waals surface area contributed by atoms with Gasteiger partial charge in [-0.3, -0.25) is 4.98 Å². The molecule has 0 aliphatic carbocycles. The Labute approximate surface area is 95.8 Å². The second-order valence-electron chi connectivity index (χ2n) is 3.67. The summed E-state index contributed by atoms with van der Waals surface area (Å²) in [6.07, 6.45) is 0. The second-order valence-corrected chi connectivity index (χ2v) is 3.67. The normalized spacial score (nSPS) is 10.9. The van der Waals surface area contributed by atoms with E-state index in [1.807, 2.05) is 31.2 Å². The van der Waals surface area contributed by atoms with E-state index in [-0.39, 0.29) is 5.69 Å². The molecule has 84 valence electrons. The molecule has 0 spiro atoms. The zero-order valence-corrected chi connectivity index (χ0v) is 9.06. The second kappa shape index (κ2) is 3.51. The first-order chi connectivity index (χ1) is 8.24. The molecule has 6 heteroatoms. The molecular formula is C11H9N5O. The Morgan fingerprint density at radius 2 is 1.82 bits per heavy atom. The number of H-pyrrole nitrogens is 2. The van der Waals surface area contributed by atoms with Gasteiger partial charge >= 0.3 is 5.69 Å². The molecule has 1 aromatic carbocycles. The molecule has 3 rings (SSSR count). The van der Waals surface area contributed by atoms with Crippen molar-refractivity contribution in [3.05, 3.63) is 40.4 Å². The molecule has 0 fully saturated rings. The zero-order chi connectivity index (χ0) is 11.8. The van der Waals surface area contributed by atoms with Gasteiger partial charge in [-0.1, -0.05) is 12.1 Å². The molecule has 0 aliphatic rings. The lowest BCUT2D eigenvalue weighted by atomic mass is 10.2. The number of fused-ring (bicyclic) bond motifs is 1. The van der Waals surface area contributed by atoms with Crippen LogP contribution in [0.4, 0.5) is 0 Å². The predicted molar refractivity (Wildman–Crippen MR) is 62.5 cm³/mol. The number of aromatic nitrogens is 5. The lowest BCUT2D eigenvalue weighted by Gasteiger charge is -2.02. The first-order valence-corrected chi connectivity index (χ1v) is 5.12. The molecule has 0 aliphatic heterocycles. The minimum atomic E-state index is -0.352. The number of para-hydroxylation sites is 2. The average Bonchev–Trinajstić information content (AvgIpc) is 2.75. The number of nitrogens with one attached hydrogen (secondary N) is 2. The van der Waals surface area contributed by atoms with E-state index < -0.39 is 0 Å². The van der Waals surface area contributed by atoms with E-state index in [1.54, 1.807) is 0 Å². The number of hydrogen-bond donors (Lipinski definition) is 2. The predicted octanol–water partition coefficient (Wildman–Crippen LogP) is 1.02. The fourth-order valence-corrected chi connectivity index (χ4v) is 1.69. The SMILES string of the molecule is Cc1nc2ccccc2nc1-c1n[nH]c(=O)[nH]1. The van der Waals surface area contributed by atoms with E-state index in [2.05, 4.69) is 25.1 Å². The van der Waals surface area contributed by atoms with Crippen molar-refractivity contribution in [2.45, 2.75) is 6.92 Å². The fourth-order valence-electron chi connectivity index (χ4n) is 1.69. The van der Waals surface area contributed by atoms with Crippen molar-refractivity contribution < 1.29 is 0 Å². The summed E-state index contributed by atoms with van der Waals surface area (Å²) in [5, 5.41) is 6.17. The third kappa shape index (κ3) is 1.59. The van der Waals surface area contributed by atoms with Gasteiger partial charge in [0.15, 0.2) is 5.82 Å². The average molecular weight is 227 g/mol. The molecular weight excluding hydrogens is 218 g/mol. The van der Waals surface area contributed by atoms with Crippen LogP contribution in [0.1, 0.15) is 5.69 Å². The highest BCUT2D eigenvalue weighted by Crippen LogP contribution is 2.18. The fraction of sp³-hybridized carbons (Fsp3) is 0.0909. The van der Waals surface area contributed by atoms with Gasteiger partial charge in [0.2, 0.25) is 0 Å². The van der Waals surface area contributed by atoms with Gasteiger partial charge in [-0.25, -0.2) is 19.9 Å². The number of benzene rings is 1. The minimum absolute atomic E-state index is 0.352. The topological polar surface area (TPSA) is 87.3 Å². The first-order valence-electron chi connectivity index (χ1n) is 5.12. The van der Waals surface area contributed by atoms with Crippen LogP contribution in [-0.4, -0.2) is 25.1 Å². The summed E-state index contributed by atoms with van der Waals surface area (Å²) in [6, 6.07) is 7.57. The highest BCUT2D eigenvalue weighted by Gasteiger charge is 2.10. The minimum Gasteiger partial charge on any atom is -0.288 e. The Kier molecular flexibility index (Phi) is 2.01. The molecule has 0 radical (unpaired) electrons. The van der Waals surface area contributed by atoms with Crippen LogP contribution < -0.4 is 5.69 Å². The monoisotopic (exact) mass is 227 g/mol. The molecule has 2 N–H and O–H groups in total. The molecule has 0 atom stereocenters. The van der Waals surface area contributed by atoms with Crippen LogP contribution in [0.3, 0.4) is 0 Å². The molecule has 0 amide bonds. The van der Waals surface area contributed by atoms with Crippen LogP contribution in [0, 0.1) is 6.92 Å². The third-order valence-electron chi connectivity index (χ3n) is 2.47. The summed E-state index contributed by atoms with van der Waals surface area (Å²) in [6.45, 7) is 1.84. The van der Waals surface area contributed by atoms with Crippen LogP contribution in [0.2, 0.25) is 0 Å². The maximum Gasteiger partial charge on any atom is 0.340 e. The molecule has 0 saturated heterocycles. The van der Waals surface area contributed by atoms with E-state index in [9.17, 15) is 4.79 Å². The number of nitrogens with zero attached hydrogens (tertiary/aromatic N) is 3. The quantitative estimate of drug-likeness (QED) is 0.649. The van der Waals surface area contributed by atoms with Crippen molar-refractivity contribution >= 4 is 11.0 Å². The molecule has 6 nitrogen and oxygen atoms in total. The van der Waals surface area contributed by atoms with Gasteiger partial charge in [0.1, 0.15) is 5.69 Å². The maximum atomic E-state index is 11.0. The summed E-state index contributed by atoms with van der Waals surface area (Å²) in [4.78, 5) is 22.5. The van der Waals surface area contributed by atoms with Crippen LogP contribution in [-0.2, 0) is 0 Å². The molecule has 0 unspecified atom stereocenters. The van der Waals surface area contributed by atoms with E-state index in [0.29, 0.717) is 11.5 Å². The van der Waals surface area contributed by atoms with Gasteiger partial charge in [0.05, 0.1) is 16.7 Å². The molecule has 0 saturated carbocycles. The number of aromatic amines is 2. The smallest absolute Gasteiger partial charge is 0.288 e. The van der Waals surface area contributed by atoms with Gasteiger partial charge in [-0.2, -0.15) is 5.10 Å². The Morgan fingerprint density at radius 3 is 2.47 bits per heavy atom. The molecule has 0 bridgehead atoms. The number of hydrogen-bond acceptors (Lipinski definition) is 4. The van der Waals surface area contributed by atoms with Crippen LogP contribution >= 0.6 is 0 Å². The van der Waals surface area contributed by atoms with Gasteiger partial charge in [-0.15, -0.1) is 0 Å². The van der Waals surface area contributed by atoms with Crippen molar-refractivity contribution in [2.24, 2.45) is 0 Å². The summed E-state index contributed by atoms with van der Waals surface area (Å²) >= 11 is 0. The Hall–Kier alpha value is -2.50. The standard InChI is InChI=1S/C11H9N5O/c1-6-9(10-14-11(17)16-15-10)13-8-5-3-2-4-7(8)12-6/h2-5H,1H3,(H2,14,15,16,17). The maximum absolute atomic E-state index is 11.0. The lowest BCUT2D eigenvalue weighted by molar-refractivity contribution is 1.05. The zero-order valence-electron chi connectivity index (χ0n) is 9.06. The van der Waals surface area contributed by atoms with Gasteiger partial charge in [-0.05, 0) is 19.1 Å². The largest absolute Gasteiger partial charge is 0.340 e. The number of rotatable bonds is 1. The van der Waals surface area contributed by atoms with E-state index >= 15 is 0 Å².